The fourth-order valence-electron chi connectivity index (χ4n) is 5.06. The predicted molar refractivity (Wildman–Crippen MR) is 122 cm³/mol. The van der Waals surface area contributed by atoms with Crippen molar-refractivity contribution >= 4 is 11.8 Å². The number of ether oxygens (including phenoxy) is 2. The van der Waals surface area contributed by atoms with Gasteiger partial charge in [-0.05, 0) is 30.9 Å². The van der Waals surface area contributed by atoms with E-state index >= 15 is 0 Å². The molecule has 2 heterocycles. The smallest absolute Gasteiger partial charge is 0.247 e. The maximum atomic E-state index is 13.3. The lowest BCUT2D eigenvalue weighted by molar-refractivity contribution is -0.140. The minimum atomic E-state index is -1.01. The van der Waals surface area contributed by atoms with Gasteiger partial charge in [-0.3, -0.25) is 9.59 Å². The second-order valence-electron chi connectivity index (χ2n) is 9.46. The number of nitrogens with zero attached hydrogens (tertiary/aromatic N) is 1. The highest BCUT2D eigenvalue weighted by Gasteiger charge is 2.50. The highest BCUT2D eigenvalue weighted by atomic mass is 16.5. The maximum Gasteiger partial charge on any atom is 0.247 e. The molecule has 2 amide bonds. The highest BCUT2D eigenvalue weighted by Crippen LogP contribution is 2.47. The zero-order valence-corrected chi connectivity index (χ0v) is 19.3. The molecule has 0 bridgehead atoms. The molecule has 1 aromatic carbocycles. The Morgan fingerprint density at radius 3 is 2.76 bits per heavy atom. The molecule has 2 aliphatic heterocycles. The summed E-state index contributed by atoms with van der Waals surface area (Å²) in [4.78, 5) is 28.1. The first-order valence-corrected chi connectivity index (χ1v) is 11.9. The normalized spacial score (nSPS) is 28.0. The molecule has 8 heteroatoms. The summed E-state index contributed by atoms with van der Waals surface area (Å²) in [7, 11) is 0. The zero-order chi connectivity index (χ0) is 23.5. The molecular weight excluding hydrogens is 424 g/mol. The van der Waals surface area contributed by atoms with Crippen molar-refractivity contribution < 1.29 is 29.3 Å². The average molecular weight is 459 g/mol. The Bertz CT molecular complexity index is 895. The summed E-state index contributed by atoms with van der Waals surface area (Å²) < 4.78 is 11.9. The third kappa shape index (κ3) is 4.93. The number of fused-ring (bicyclic) bond motifs is 3. The molecule has 33 heavy (non-hydrogen) atoms. The lowest BCUT2D eigenvalue weighted by Crippen LogP contribution is -2.57. The molecule has 5 atom stereocenters. The number of carbonyl (C=O) groups excluding carboxylic acids is 2. The van der Waals surface area contributed by atoms with E-state index in [0.29, 0.717) is 30.9 Å². The van der Waals surface area contributed by atoms with Crippen LogP contribution in [0.2, 0.25) is 0 Å². The third-order valence-corrected chi connectivity index (χ3v) is 6.56. The van der Waals surface area contributed by atoms with Crippen molar-refractivity contribution in [1.29, 1.82) is 0 Å². The van der Waals surface area contributed by atoms with Crippen LogP contribution in [0.5, 0.6) is 5.75 Å². The van der Waals surface area contributed by atoms with Crippen LogP contribution in [0.1, 0.15) is 44.6 Å². The van der Waals surface area contributed by atoms with Crippen molar-refractivity contribution in [2.24, 2.45) is 5.92 Å². The van der Waals surface area contributed by atoms with Crippen LogP contribution in [0.25, 0.3) is 0 Å². The summed E-state index contributed by atoms with van der Waals surface area (Å²) in [5, 5.41) is 23.4. The molecule has 1 aromatic rings. The predicted octanol–water partition coefficient (Wildman–Crippen LogP) is 1.36. The topological polar surface area (TPSA) is 108 Å². The minimum Gasteiger partial charge on any atom is -0.486 e. The van der Waals surface area contributed by atoms with Crippen molar-refractivity contribution in [3.63, 3.8) is 0 Å². The minimum absolute atomic E-state index is 0.0788. The molecule has 0 aromatic heterocycles. The first kappa shape index (κ1) is 23.7. The number of rotatable bonds is 8. The summed E-state index contributed by atoms with van der Waals surface area (Å²) >= 11 is 0. The Kier molecular flexibility index (Phi) is 7.36. The fraction of sp³-hybridized carbons (Fsp3) is 0.600. The SMILES string of the molecule is CC(C)CC(=O)N(C[C@H]1CCCO1)[C@@H]1C=C(C(=O)NCCO)[C@@H]2c3ccccc3O[C@@H]2[C@H]1O. The van der Waals surface area contributed by atoms with E-state index in [9.17, 15) is 19.8 Å². The number of aliphatic hydroxyl groups excluding tert-OH is 2. The van der Waals surface area contributed by atoms with E-state index in [1.165, 1.54) is 0 Å². The number of amides is 2. The van der Waals surface area contributed by atoms with Gasteiger partial charge in [-0.1, -0.05) is 32.0 Å². The van der Waals surface area contributed by atoms with Gasteiger partial charge in [0.1, 0.15) is 18.0 Å². The van der Waals surface area contributed by atoms with Crippen LogP contribution < -0.4 is 10.1 Å². The summed E-state index contributed by atoms with van der Waals surface area (Å²) in [6.45, 7) is 4.93. The molecule has 0 spiro atoms. The molecule has 0 saturated carbocycles. The molecule has 1 fully saturated rings. The number of nitrogens with one attached hydrogen (secondary N) is 1. The summed E-state index contributed by atoms with van der Waals surface area (Å²) in [5.74, 6) is -0.0704. The van der Waals surface area contributed by atoms with Crippen LogP contribution in [0.15, 0.2) is 35.9 Å². The Balaban J connectivity index is 1.71. The molecule has 3 aliphatic rings. The monoisotopic (exact) mass is 458 g/mol. The van der Waals surface area contributed by atoms with Crippen LogP contribution in [0.4, 0.5) is 0 Å². The lowest BCUT2D eigenvalue weighted by atomic mass is 9.77. The Morgan fingerprint density at radius 2 is 2.06 bits per heavy atom. The van der Waals surface area contributed by atoms with Crippen molar-refractivity contribution in [1.82, 2.24) is 10.2 Å². The van der Waals surface area contributed by atoms with E-state index in [-0.39, 0.29) is 37.0 Å². The highest BCUT2D eigenvalue weighted by molar-refractivity contribution is 5.96. The molecule has 0 radical (unpaired) electrons. The average Bonchev–Trinajstić information content (AvgIpc) is 3.44. The third-order valence-electron chi connectivity index (χ3n) is 6.56. The van der Waals surface area contributed by atoms with E-state index in [1.54, 1.807) is 11.0 Å². The van der Waals surface area contributed by atoms with Crippen molar-refractivity contribution in [3.05, 3.63) is 41.5 Å². The van der Waals surface area contributed by atoms with E-state index < -0.39 is 24.2 Å². The Morgan fingerprint density at radius 1 is 1.27 bits per heavy atom. The maximum absolute atomic E-state index is 13.3. The summed E-state index contributed by atoms with van der Waals surface area (Å²) in [6.07, 6.45) is 2.07. The quantitative estimate of drug-likeness (QED) is 0.543. The molecular formula is C25H34N2O6. The van der Waals surface area contributed by atoms with Gasteiger partial charge < -0.3 is 29.9 Å². The van der Waals surface area contributed by atoms with E-state index in [0.717, 1.165) is 18.4 Å². The van der Waals surface area contributed by atoms with Crippen molar-refractivity contribution in [2.75, 3.05) is 26.3 Å². The van der Waals surface area contributed by atoms with Gasteiger partial charge in [-0.25, -0.2) is 0 Å². The van der Waals surface area contributed by atoms with Gasteiger partial charge in [-0.2, -0.15) is 0 Å². The Hall–Kier alpha value is -2.42. The molecule has 3 N–H and O–H groups in total. The number of aliphatic hydroxyl groups is 2. The molecule has 1 saturated heterocycles. The zero-order valence-electron chi connectivity index (χ0n) is 19.3. The standard InChI is InChI=1S/C25H34N2O6/c1-15(2)12-21(29)27(14-16-6-5-11-32-16)19-13-18(25(31)26-9-10-28)22-17-7-3-4-8-20(17)33-24(22)23(19)30/h3-4,7-8,13,15-16,19,22-24,28,30H,5-6,9-12,14H2,1-2H3,(H,26,31)/t16-,19-,22+,23+,24+/m1/s1. The van der Waals surface area contributed by atoms with Crippen LogP contribution >= 0.6 is 0 Å². The van der Waals surface area contributed by atoms with Crippen LogP contribution in [0.3, 0.4) is 0 Å². The molecule has 180 valence electrons. The fourth-order valence-corrected chi connectivity index (χ4v) is 5.06. The molecule has 4 rings (SSSR count). The van der Waals surface area contributed by atoms with E-state index in [2.05, 4.69) is 5.32 Å². The molecule has 1 aliphatic carbocycles. The number of hydrogen-bond donors (Lipinski definition) is 3. The van der Waals surface area contributed by atoms with Crippen molar-refractivity contribution in [2.45, 2.75) is 63.4 Å². The van der Waals surface area contributed by atoms with Crippen molar-refractivity contribution in [3.8, 4) is 5.75 Å². The van der Waals surface area contributed by atoms with Crippen LogP contribution in [0, 0.1) is 5.92 Å². The van der Waals surface area contributed by atoms with Crippen LogP contribution in [-0.4, -0.2) is 77.6 Å². The number of hydrogen-bond acceptors (Lipinski definition) is 6. The second kappa shape index (κ2) is 10.2. The first-order chi connectivity index (χ1) is 15.9. The van der Waals surface area contributed by atoms with E-state index in [4.69, 9.17) is 9.47 Å². The number of carbonyl (C=O) groups is 2. The van der Waals surface area contributed by atoms with E-state index in [1.807, 2.05) is 38.1 Å². The largest absolute Gasteiger partial charge is 0.486 e. The van der Waals surface area contributed by atoms with Gasteiger partial charge in [0.15, 0.2) is 0 Å². The number of para-hydroxylation sites is 1. The lowest BCUT2D eigenvalue weighted by Gasteiger charge is -2.41. The molecule has 8 nitrogen and oxygen atoms in total. The summed E-state index contributed by atoms with van der Waals surface area (Å²) in [6, 6.07) is 6.74. The van der Waals surface area contributed by atoms with Gasteiger partial charge >= 0.3 is 0 Å². The van der Waals surface area contributed by atoms with Gasteiger partial charge in [0.05, 0.1) is 24.7 Å². The van der Waals surface area contributed by atoms with Gasteiger partial charge in [0.25, 0.3) is 0 Å². The van der Waals surface area contributed by atoms with Gasteiger partial charge in [0.2, 0.25) is 11.8 Å². The summed E-state index contributed by atoms with van der Waals surface area (Å²) in [5.41, 5.74) is 1.29. The van der Waals surface area contributed by atoms with Gasteiger partial charge in [-0.15, -0.1) is 0 Å². The van der Waals surface area contributed by atoms with Gasteiger partial charge in [0, 0.05) is 37.3 Å². The van der Waals surface area contributed by atoms with Crippen LogP contribution in [-0.2, 0) is 14.3 Å². The second-order valence-corrected chi connectivity index (χ2v) is 9.46. The number of benzene rings is 1. The Labute approximate surface area is 194 Å². The molecule has 0 unspecified atom stereocenters. The first-order valence-electron chi connectivity index (χ1n) is 11.9.